The Morgan fingerprint density at radius 3 is 2.97 bits per heavy atom. The fourth-order valence-electron chi connectivity index (χ4n) is 4.04. The van der Waals surface area contributed by atoms with Crippen LogP contribution in [0.25, 0.3) is 16.0 Å². The summed E-state index contributed by atoms with van der Waals surface area (Å²) in [5, 5.41) is 4.17. The number of aromatic nitrogens is 5. The molecule has 1 saturated heterocycles. The molecular weight excluding hydrogens is 410 g/mol. The van der Waals surface area contributed by atoms with Crippen LogP contribution in [0.2, 0.25) is 0 Å². The van der Waals surface area contributed by atoms with Crippen molar-refractivity contribution < 1.29 is 13.6 Å². The lowest BCUT2D eigenvalue weighted by atomic mass is 9.84. The van der Waals surface area contributed by atoms with E-state index in [-0.39, 0.29) is 29.2 Å². The van der Waals surface area contributed by atoms with E-state index in [1.165, 1.54) is 28.2 Å². The molecular formula is C20H18F2N6OS. The second-order valence-corrected chi connectivity index (χ2v) is 8.42. The molecule has 1 amide bonds. The molecule has 0 bridgehead atoms. The Morgan fingerprint density at radius 2 is 2.13 bits per heavy atom. The molecule has 1 aliphatic rings. The van der Waals surface area contributed by atoms with Crippen molar-refractivity contribution >= 4 is 33.2 Å². The normalized spacial score (nSPS) is 19.8. The molecule has 1 fully saturated rings. The van der Waals surface area contributed by atoms with Crippen LogP contribution in [0.15, 0.2) is 36.1 Å². The maximum atomic E-state index is 13.4. The largest absolute Gasteiger partial charge is 0.338 e. The number of carbonyl (C=O) groups excluding carboxylic acids is 1. The summed E-state index contributed by atoms with van der Waals surface area (Å²) in [6, 6.07) is 6.91. The molecule has 0 N–H and O–H groups in total. The molecule has 4 aromatic rings. The van der Waals surface area contributed by atoms with Gasteiger partial charge in [-0.15, -0.1) is 11.3 Å². The van der Waals surface area contributed by atoms with Crippen molar-refractivity contribution in [3.63, 3.8) is 0 Å². The van der Waals surface area contributed by atoms with Crippen LogP contribution in [0.1, 0.15) is 47.4 Å². The van der Waals surface area contributed by atoms with E-state index in [2.05, 4.69) is 27.0 Å². The minimum absolute atomic E-state index is 0.0835. The zero-order chi connectivity index (χ0) is 20.8. The van der Waals surface area contributed by atoms with Crippen molar-refractivity contribution in [2.75, 3.05) is 13.1 Å². The predicted octanol–water partition coefficient (Wildman–Crippen LogP) is 3.94. The summed E-state index contributed by atoms with van der Waals surface area (Å²) in [4.78, 5) is 27.1. The van der Waals surface area contributed by atoms with E-state index in [1.54, 1.807) is 16.5 Å². The molecule has 7 nitrogen and oxygen atoms in total. The lowest BCUT2D eigenvalue weighted by molar-refractivity contribution is 0.0665. The van der Waals surface area contributed by atoms with Crippen molar-refractivity contribution in [1.82, 2.24) is 29.5 Å². The summed E-state index contributed by atoms with van der Waals surface area (Å²) in [5.74, 6) is 0.0954. The monoisotopic (exact) mass is 428 g/mol. The molecule has 1 aliphatic heterocycles. The molecule has 0 spiro atoms. The van der Waals surface area contributed by atoms with Crippen molar-refractivity contribution in [3.8, 4) is 0 Å². The molecule has 0 saturated carbocycles. The number of hydrogen-bond donors (Lipinski definition) is 0. The average molecular weight is 428 g/mol. The average Bonchev–Trinajstić information content (AvgIpc) is 3.41. The zero-order valence-electron chi connectivity index (χ0n) is 16.1. The van der Waals surface area contributed by atoms with E-state index >= 15 is 0 Å². The summed E-state index contributed by atoms with van der Waals surface area (Å²) >= 11 is 1.53. The van der Waals surface area contributed by atoms with Crippen molar-refractivity contribution in [1.29, 1.82) is 0 Å². The van der Waals surface area contributed by atoms with Crippen LogP contribution in [-0.2, 0) is 0 Å². The molecule has 4 heterocycles. The highest BCUT2D eigenvalue weighted by Crippen LogP contribution is 2.34. The van der Waals surface area contributed by atoms with Gasteiger partial charge in [0.1, 0.15) is 12.0 Å². The fraction of sp³-hybridized carbons (Fsp3) is 0.350. The summed E-state index contributed by atoms with van der Waals surface area (Å²) in [7, 11) is 0. The van der Waals surface area contributed by atoms with Crippen LogP contribution in [-0.4, -0.2) is 48.5 Å². The molecule has 30 heavy (non-hydrogen) atoms. The Bertz CT molecular complexity index is 1240. The topological polar surface area (TPSA) is 76.3 Å². The highest BCUT2D eigenvalue weighted by molar-refractivity contribution is 7.16. The summed E-state index contributed by atoms with van der Waals surface area (Å²) in [5.41, 5.74) is 3.41. The molecule has 0 radical (unpaired) electrons. The predicted molar refractivity (Wildman–Crippen MR) is 108 cm³/mol. The quantitative estimate of drug-likeness (QED) is 0.494. The molecule has 0 aliphatic carbocycles. The number of piperidine rings is 1. The SMILES string of the molecule is CC1CCN(C(=O)c2ccc3scnc3c2)C[C@H]1c1cc(C(F)F)nc2ncnn12. The van der Waals surface area contributed by atoms with E-state index in [0.717, 1.165) is 16.6 Å². The minimum Gasteiger partial charge on any atom is -0.338 e. The second kappa shape index (κ2) is 7.35. The van der Waals surface area contributed by atoms with Gasteiger partial charge in [-0.25, -0.2) is 23.3 Å². The van der Waals surface area contributed by atoms with E-state index in [0.29, 0.717) is 24.3 Å². The van der Waals surface area contributed by atoms with Crippen LogP contribution in [0.5, 0.6) is 0 Å². The minimum atomic E-state index is -2.70. The number of nitrogens with zero attached hydrogens (tertiary/aromatic N) is 6. The third-order valence-electron chi connectivity index (χ3n) is 5.73. The van der Waals surface area contributed by atoms with Gasteiger partial charge in [-0.1, -0.05) is 6.92 Å². The zero-order valence-corrected chi connectivity index (χ0v) is 16.9. The number of likely N-dealkylation sites (tertiary alicyclic amines) is 1. The summed E-state index contributed by atoms with van der Waals surface area (Å²) in [6.45, 7) is 3.09. The van der Waals surface area contributed by atoms with E-state index < -0.39 is 6.43 Å². The fourth-order valence-corrected chi connectivity index (χ4v) is 4.70. The van der Waals surface area contributed by atoms with Gasteiger partial charge in [0.2, 0.25) is 0 Å². The third kappa shape index (κ3) is 3.20. The Kier molecular flexibility index (Phi) is 4.65. The number of halogens is 2. The van der Waals surface area contributed by atoms with Gasteiger partial charge < -0.3 is 4.90 Å². The second-order valence-electron chi connectivity index (χ2n) is 7.54. The number of benzene rings is 1. The van der Waals surface area contributed by atoms with Crippen LogP contribution in [0.4, 0.5) is 8.78 Å². The number of alkyl halides is 2. The smallest absolute Gasteiger partial charge is 0.280 e. The molecule has 3 aromatic heterocycles. The number of carbonyl (C=O) groups is 1. The first kappa shape index (κ1) is 19.0. The number of rotatable bonds is 3. The third-order valence-corrected chi connectivity index (χ3v) is 6.54. The van der Waals surface area contributed by atoms with Crippen LogP contribution in [0, 0.1) is 5.92 Å². The number of fused-ring (bicyclic) bond motifs is 2. The molecule has 1 aromatic carbocycles. The summed E-state index contributed by atoms with van der Waals surface area (Å²) in [6.07, 6.45) is -0.634. The summed E-state index contributed by atoms with van der Waals surface area (Å²) < 4.78 is 29.3. The van der Waals surface area contributed by atoms with Crippen LogP contribution < -0.4 is 0 Å². The van der Waals surface area contributed by atoms with Gasteiger partial charge in [0.05, 0.1) is 21.4 Å². The van der Waals surface area contributed by atoms with Gasteiger partial charge in [0.25, 0.3) is 18.1 Å². The van der Waals surface area contributed by atoms with Crippen LogP contribution in [0.3, 0.4) is 0 Å². The van der Waals surface area contributed by atoms with E-state index in [4.69, 9.17) is 0 Å². The van der Waals surface area contributed by atoms with Crippen molar-refractivity contribution in [2.45, 2.75) is 25.7 Å². The molecule has 154 valence electrons. The van der Waals surface area contributed by atoms with Crippen LogP contribution >= 0.6 is 11.3 Å². The lowest BCUT2D eigenvalue weighted by Gasteiger charge is -2.37. The van der Waals surface area contributed by atoms with Gasteiger partial charge in [0, 0.05) is 24.6 Å². The van der Waals surface area contributed by atoms with E-state index in [9.17, 15) is 13.6 Å². The Balaban J connectivity index is 1.48. The standard InChI is InChI=1S/C20H18F2N6OS/c1-11-4-5-27(19(29)12-2-3-17-14(6-12)24-10-30-17)8-13(11)16-7-15(18(21)22)26-20-23-9-25-28(16)20/h2-3,6-7,9-11,13,18H,4-5,8H2,1H3/t11?,13-/m1/s1. The molecule has 2 atom stereocenters. The maximum absolute atomic E-state index is 13.4. The number of amides is 1. The van der Waals surface area contributed by atoms with Crippen molar-refractivity contribution in [3.05, 3.63) is 53.1 Å². The lowest BCUT2D eigenvalue weighted by Crippen LogP contribution is -2.42. The molecule has 10 heteroatoms. The van der Waals surface area contributed by atoms with Gasteiger partial charge >= 0.3 is 0 Å². The van der Waals surface area contributed by atoms with Gasteiger partial charge in [-0.05, 0) is 36.6 Å². The number of thiazole rings is 1. The molecule has 1 unspecified atom stereocenters. The molecule has 5 rings (SSSR count). The first-order chi connectivity index (χ1) is 14.5. The highest BCUT2D eigenvalue weighted by Gasteiger charge is 2.33. The Labute approximate surface area is 174 Å². The Morgan fingerprint density at radius 1 is 1.27 bits per heavy atom. The van der Waals surface area contributed by atoms with Gasteiger partial charge in [-0.2, -0.15) is 10.1 Å². The van der Waals surface area contributed by atoms with Crippen molar-refractivity contribution in [2.24, 2.45) is 5.92 Å². The number of hydrogen-bond acceptors (Lipinski definition) is 6. The highest BCUT2D eigenvalue weighted by atomic mass is 32.1. The van der Waals surface area contributed by atoms with Gasteiger partial charge in [0.15, 0.2) is 0 Å². The first-order valence-corrected chi connectivity index (χ1v) is 10.5. The maximum Gasteiger partial charge on any atom is 0.280 e. The first-order valence-electron chi connectivity index (χ1n) is 9.62. The van der Waals surface area contributed by atoms with E-state index in [1.807, 2.05) is 12.1 Å². The Hall–Kier alpha value is -3.01. The van der Waals surface area contributed by atoms with Gasteiger partial charge in [-0.3, -0.25) is 4.79 Å².